The third-order valence-corrected chi connectivity index (χ3v) is 10.9. The molecule has 13 heteroatoms. The zero-order valence-corrected chi connectivity index (χ0v) is 27.5. The summed E-state index contributed by atoms with van der Waals surface area (Å²) >= 11 is 6.07. The Hall–Kier alpha value is -4.45. The van der Waals surface area contributed by atoms with Crippen molar-refractivity contribution in [1.29, 1.82) is 0 Å². The van der Waals surface area contributed by atoms with Crippen LogP contribution in [0.25, 0.3) is 0 Å². The van der Waals surface area contributed by atoms with Gasteiger partial charge in [-0.05, 0) is 56.7 Å². The Morgan fingerprint density at radius 3 is 2.44 bits per heavy atom. The number of halogens is 2. The molecule has 2 aromatic carbocycles. The van der Waals surface area contributed by atoms with Crippen LogP contribution in [0.5, 0.6) is 17.2 Å². The number of benzene rings is 2. The number of unbranched alkanes of at least 4 members (excludes halogenated alkanes) is 2. The predicted molar refractivity (Wildman–Crippen MR) is 170 cm³/mol. The Morgan fingerprint density at radius 2 is 1.77 bits per heavy atom. The number of phenols is 1. The van der Waals surface area contributed by atoms with Crippen LogP contribution in [0.4, 0.5) is 10.1 Å². The van der Waals surface area contributed by atoms with Gasteiger partial charge >= 0.3 is 5.97 Å². The van der Waals surface area contributed by atoms with E-state index in [0.29, 0.717) is 30.6 Å². The van der Waals surface area contributed by atoms with Gasteiger partial charge in [0.2, 0.25) is 23.6 Å². The topological polar surface area (TPSA) is 151 Å². The number of anilines is 1. The van der Waals surface area contributed by atoms with Crippen molar-refractivity contribution in [1.82, 2.24) is 4.90 Å². The highest BCUT2D eigenvalue weighted by Gasteiger charge is 2.68. The highest BCUT2D eigenvalue weighted by molar-refractivity contribution is 6.31. The molecule has 2 aliphatic heterocycles. The van der Waals surface area contributed by atoms with Gasteiger partial charge in [0.25, 0.3) is 0 Å². The summed E-state index contributed by atoms with van der Waals surface area (Å²) in [5.41, 5.74) is -0.499. The SMILES string of the molecule is COc1cc(O)c([C@H]2C3=CC[C@@H]4C(=O)N(CCCCCC(=O)O)C(=O)[C@@H]4[C@@H]3C[C@H]3C(=O)N(c4ccc(F)c(Cl)c4)C(=O)[C@@]23C)c(OC)c1. The Morgan fingerprint density at radius 1 is 1.02 bits per heavy atom. The van der Waals surface area contributed by atoms with E-state index in [1.165, 1.54) is 37.3 Å². The number of fused-ring (bicyclic) bond motifs is 4. The largest absolute Gasteiger partial charge is 0.507 e. The molecule has 0 bridgehead atoms. The van der Waals surface area contributed by atoms with Gasteiger partial charge in [0.15, 0.2) is 0 Å². The number of carboxylic acid groups (broad SMARTS) is 1. The number of ether oxygens (including phenoxy) is 2. The minimum Gasteiger partial charge on any atom is -0.507 e. The van der Waals surface area contributed by atoms with Gasteiger partial charge in [-0.2, -0.15) is 0 Å². The van der Waals surface area contributed by atoms with E-state index < -0.39 is 58.6 Å². The quantitative estimate of drug-likeness (QED) is 0.199. The van der Waals surface area contributed by atoms with Crippen LogP contribution in [0.15, 0.2) is 42.0 Å². The van der Waals surface area contributed by atoms with Crippen molar-refractivity contribution in [2.75, 3.05) is 25.7 Å². The second-order valence-corrected chi connectivity index (χ2v) is 13.5. The molecule has 2 N–H and O–H groups in total. The lowest BCUT2D eigenvalue weighted by atomic mass is 9.51. The minimum absolute atomic E-state index is 0.000394. The van der Waals surface area contributed by atoms with Gasteiger partial charge in [-0.15, -0.1) is 0 Å². The molecule has 0 radical (unpaired) electrons. The molecule has 4 amide bonds. The Labute approximate surface area is 281 Å². The number of allylic oxidation sites excluding steroid dienone is 2. The number of likely N-dealkylation sites (tertiary alicyclic amines) is 1. The number of carbonyl (C=O) groups excluding carboxylic acids is 4. The first-order chi connectivity index (χ1) is 22.8. The predicted octanol–water partition coefficient (Wildman–Crippen LogP) is 5.08. The lowest BCUT2D eigenvalue weighted by Crippen LogP contribution is -2.49. The molecule has 0 aromatic heterocycles. The lowest BCUT2D eigenvalue weighted by molar-refractivity contribution is -0.141. The van der Waals surface area contributed by atoms with E-state index in [0.717, 1.165) is 11.0 Å². The van der Waals surface area contributed by atoms with Crippen LogP contribution in [0.3, 0.4) is 0 Å². The average Bonchev–Trinajstić information content (AvgIpc) is 3.41. The van der Waals surface area contributed by atoms with Crippen LogP contribution < -0.4 is 14.4 Å². The van der Waals surface area contributed by atoms with Gasteiger partial charge in [-0.1, -0.05) is 29.7 Å². The zero-order chi connectivity index (χ0) is 34.7. The fraction of sp³-hybridized carbons (Fsp3) is 0.457. The molecule has 1 saturated carbocycles. The number of carbonyl (C=O) groups is 5. The van der Waals surface area contributed by atoms with Crippen molar-refractivity contribution in [2.24, 2.45) is 29.1 Å². The fourth-order valence-electron chi connectivity index (χ4n) is 8.37. The molecule has 2 aromatic rings. The zero-order valence-electron chi connectivity index (χ0n) is 26.7. The van der Waals surface area contributed by atoms with Gasteiger partial charge in [0.1, 0.15) is 23.1 Å². The average molecular weight is 683 g/mol. The maximum atomic E-state index is 14.6. The van der Waals surface area contributed by atoms with Crippen molar-refractivity contribution in [2.45, 2.75) is 51.4 Å². The molecule has 48 heavy (non-hydrogen) atoms. The van der Waals surface area contributed by atoms with E-state index in [4.69, 9.17) is 26.2 Å². The number of methoxy groups -OCH3 is 2. The number of hydrogen-bond donors (Lipinski definition) is 2. The van der Waals surface area contributed by atoms with Gasteiger partial charge in [0.05, 0.1) is 48.1 Å². The summed E-state index contributed by atoms with van der Waals surface area (Å²) in [6, 6.07) is 6.54. The maximum Gasteiger partial charge on any atom is 0.303 e. The molecule has 11 nitrogen and oxygen atoms in total. The van der Waals surface area contributed by atoms with Crippen molar-refractivity contribution < 1.29 is 48.0 Å². The molecule has 0 spiro atoms. The number of phenolic OH excluding ortho intramolecular Hbond substituents is 1. The molecule has 3 fully saturated rings. The van der Waals surface area contributed by atoms with Crippen LogP contribution in [0.2, 0.25) is 5.02 Å². The lowest BCUT2D eigenvalue weighted by Gasteiger charge is -2.49. The first-order valence-electron chi connectivity index (χ1n) is 15.9. The molecule has 6 rings (SSSR count). The Bertz CT molecular complexity index is 1760. The summed E-state index contributed by atoms with van der Waals surface area (Å²) in [5.74, 6) is -7.21. The summed E-state index contributed by atoms with van der Waals surface area (Å²) in [4.78, 5) is 69.7. The fourth-order valence-corrected chi connectivity index (χ4v) is 8.54. The highest BCUT2D eigenvalue weighted by atomic mass is 35.5. The normalized spacial score (nSPS) is 27.9. The third-order valence-electron chi connectivity index (χ3n) is 10.6. The molecule has 6 atom stereocenters. The van der Waals surface area contributed by atoms with E-state index in [1.807, 2.05) is 6.08 Å². The van der Waals surface area contributed by atoms with Crippen LogP contribution >= 0.6 is 11.6 Å². The number of imide groups is 2. The maximum absolute atomic E-state index is 14.6. The summed E-state index contributed by atoms with van der Waals surface area (Å²) in [6.07, 6.45) is 3.57. The Kier molecular flexibility index (Phi) is 8.74. The molecule has 254 valence electrons. The van der Waals surface area contributed by atoms with E-state index in [1.54, 1.807) is 13.0 Å². The minimum atomic E-state index is -1.48. The van der Waals surface area contributed by atoms with E-state index in [-0.39, 0.29) is 65.4 Å². The number of rotatable bonds is 10. The molecule has 2 aliphatic carbocycles. The van der Waals surface area contributed by atoms with Crippen LogP contribution in [0.1, 0.15) is 56.9 Å². The number of amides is 4. The first kappa shape index (κ1) is 33.5. The second kappa shape index (κ2) is 12.5. The van der Waals surface area contributed by atoms with Crippen molar-refractivity contribution in [3.8, 4) is 17.2 Å². The monoisotopic (exact) mass is 682 g/mol. The Balaban J connectivity index is 1.44. The van der Waals surface area contributed by atoms with E-state index in [2.05, 4.69) is 0 Å². The number of hydrogen-bond acceptors (Lipinski definition) is 8. The summed E-state index contributed by atoms with van der Waals surface area (Å²) < 4.78 is 25.2. The van der Waals surface area contributed by atoms with Gasteiger partial charge in [-0.3, -0.25) is 28.9 Å². The van der Waals surface area contributed by atoms with Crippen LogP contribution in [0, 0.1) is 34.9 Å². The third kappa shape index (κ3) is 5.12. The number of aromatic hydroxyl groups is 1. The van der Waals surface area contributed by atoms with Gasteiger partial charge in [0, 0.05) is 36.6 Å². The summed E-state index contributed by atoms with van der Waals surface area (Å²) in [6.45, 7) is 1.81. The van der Waals surface area contributed by atoms with E-state index >= 15 is 0 Å². The number of carboxylic acids is 1. The van der Waals surface area contributed by atoms with Gasteiger partial charge < -0.3 is 19.7 Å². The molecule has 0 unspecified atom stereocenters. The number of nitrogens with zero attached hydrogens (tertiary/aromatic N) is 2. The van der Waals surface area contributed by atoms with E-state index in [9.17, 15) is 33.5 Å². The van der Waals surface area contributed by atoms with Crippen molar-refractivity contribution in [3.63, 3.8) is 0 Å². The molecule has 2 heterocycles. The van der Waals surface area contributed by atoms with Crippen LogP contribution in [-0.2, 0) is 24.0 Å². The first-order valence-corrected chi connectivity index (χ1v) is 16.3. The smallest absolute Gasteiger partial charge is 0.303 e. The summed E-state index contributed by atoms with van der Waals surface area (Å²) in [5, 5.41) is 20.2. The number of aliphatic carboxylic acids is 1. The molecule has 2 saturated heterocycles. The molecular formula is C35H36ClFN2O9. The van der Waals surface area contributed by atoms with Gasteiger partial charge in [-0.25, -0.2) is 9.29 Å². The van der Waals surface area contributed by atoms with Crippen molar-refractivity contribution in [3.05, 3.63) is 58.4 Å². The summed E-state index contributed by atoms with van der Waals surface area (Å²) in [7, 11) is 2.84. The second-order valence-electron chi connectivity index (χ2n) is 13.1. The molecule has 4 aliphatic rings. The van der Waals surface area contributed by atoms with Crippen molar-refractivity contribution >= 4 is 46.9 Å². The standard InChI is InChI=1S/C35H36ClFN2O9/c1-35-22(32(44)39(34(35)46)17-8-11-24(37)23(36)13-17)16-21-19(30(35)29-25(40)14-18(47-2)15-26(29)48-3)9-10-20-28(21)33(45)38(31(20)43)12-6-4-5-7-27(41)42/h8-9,11,13-15,20-22,28,30,40H,4-7,10,12,16H2,1-3H3,(H,41,42)/t20-,21+,22-,28-,30+,35+/m0/s1. The highest BCUT2D eigenvalue weighted by Crippen LogP contribution is 2.65. The molecular weight excluding hydrogens is 647 g/mol. The van der Waals surface area contributed by atoms with Crippen LogP contribution in [-0.4, -0.2) is 65.5 Å².